The van der Waals surface area contributed by atoms with Crippen LogP contribution in [0.4, 0.5) is 13.2 Å². The van der Waals surface area contributed by atoms with Crippen molar-refractivity contribution in [2.45, 2.75) is 37.5 Å². The summed E-state index contributed by atoms with van der Waals surface area (Å²) in [4.78, 5) is 37.8. The molecule has 0 aliphatic heterocycles. The van der Waals surface area contributed by atoms with Crippen LogP contribution in [-0.4, -0.2) is 64.7 Å². The molecule has 282 valence electrons. The van der Waals surface area contributed by atoms with Crippen LogP contribution in [-0.2, 0) is 22.6 Å². The van der Waals surface area contributed by atoms with Crippen LogP contribution in [0.5, 0.6) is 5.75 Å². The van der Waals surface area contributed by atoms with Gasteiger partial charge in [-0.05, 0) is 70.5 Å². The predicted molar refractivity (Wildman–Crippen MR) is 202 cm³/mol. The highest BCUT2D eigenvalue weighted by atomic mass is 19.4. The number of aromatic hydroxyl groups is 1. The minimum absolute atomic E-state index is 0.0891. The van der Waals surface area contributed by atoms with Crippen molar-refractivity contribution < 1.29 is 37.8 Å². The lowest BCUT2D eigenvalue weighted by atomic mass is 9.88. The SMILES string of the molecule is NCCNC(=O)c1ccccc1-c1cccc(CN(CCC(c2ccccc2)c2ccccc2)C(=O)[C@@H](N)Cc2ccc(O)cc2)c1.O=C(O)C(F)(F)F. The standard InChI is InChI=1S/C40H42N4O3.C2HF3O2/c41-23-24-43-39(46)37-17-8-7-16-36(37)33-15-9-10-30(26-33)28-44(40(47)38(42)27-29-18-20-34(45)21-19-29)25-22-35(31-11-3-1-4-12-31)32-13-5-2-6-14-32;3-2(4,5)1(6)7/h1-21,26,35,38,45H,22-25,27-28,41-42H2,(H,43,46);(H,6,7)/t38-;/m0./s1. The summed E-state index contributed by atoms with van der Waals surface area (Å²) in [5, 5.41) is 19.7. The highest BCUT2D eigenvalue weighted by Gasteiger charge is 2.38. The molecule has 5 aromatic carbocycles. The molecule has 9 nitrogen and oxygen atoms in total. The number of carbonyl (C=O) groups excluding carboxylic acids is 2. The Hall–Kier alpha value is -5.98. The quantitative estimate of drug-likeness (QED) is 0.0869. The molecule has 0 heterocycles. The molecule has 0 aromatic heterocycles. The van der Waals surface area contributed by atoms with E-state index in [1.165, 1.54) is 11.1 Å². The number of phenols is 1. The van der Waals surface area contributed by atoms with Crippen molar-refractivity contribution in [2.75, 3.05) is 19.6 Å². The van der Waals surface area contributed by atoms with E-state index in [9.17, 15) is 27.9 Å². The maximum atomic E-state index is 14.1. The van der Waals surface area contributed by atoms with Gasteiger partial charge in [0.15, 0.2) is 0 Å². The normalized spacial score (nSPS) is 11.6. The van der Waals surface area contributed by atoms with E-state index in [1.54, 1.807) is 30.3 Å². The summed E-state index contributed by atoms with van der Waals surface area (Å²) in [7, 11) is 0. The number of hydrogen-bond donors (Lipinski definition) is 5. The average Bonchev–Trinajstić information content (AvgIpc) is 3.18. The zero-order valence-electron chi connectivity index (χ0n) is 29.5. The lowest BCUT2D eigenvalue weighted by Gasteiger charge is -2.29. The highest BCUT2D eigenvalue weighted by molar-refractivity contribution is 6.00. The Kier molecular flexibility index (Phi) is 14.9. The maximum absolute atomic E-state index is 14.1. The number of rotatable bonds is 14. The Morgan fingerprint density at radius 2 is 1.33 bits per heavy atom. The highest BCUT2D eigenvalue weighted by Crippen LogP contribution is 2.30. The molecule has 0 radical (unpaired) electrons. The summed E-state index contributed by atoms with van der Waals surface area (Å²) in [6.07, 6.45) is -4.03. The first-order chi connectivity index (χ1) is 25.9. The molecule has 2 amide bonds. The fourth-order valence-electron chi connectivity index (χ4n) is 5.93. The molecule has 0 fully saturated rings. The molecule has 1 atom stereocenters. The number of nitrogens with zero attached hydrogens (tertiary/aromatic N) is 1. The van der Waals surface area contributed by atoms with Crippen molar-refractivity contribution in [3.8, 4) is 16.9 Å². The lowest BCUT2D eigenvalue weighted by molar-refractivity contribution is -0.192. The Balaban J connectivity index is 0.000000845. The fraction of sp³-hybridized carbons (Fsp3) is 0.214. The number of halogens is 3. The minimum Gasteiger partial charge on any atom is -0.508 e. The van der Waals surface area contributed by atoms with Gasteiger partial charge in [-0.25, -0.2) is 4.79 Å². The summed E-state index contributed by atoms with van der Waals surface area (Å²) in [5.41, 5.74) is 18.6. The number of carbonyl (C=O) groups is 3. The van der Waals surface area contributed by atoms with E-state index in [1.807, 2.05) is 83.8 Å². The Labute approximate surface area is 312 Å². The van der Waals surface area contributed by atoms with E-state index in [-0.39, 0.29) is 23.5 Å². The van der Waals surface area contributed by atoms with Crippen molar-refractivity contribution in [3.63, 3.8) is 0 Å². The number of nitrogens with two attached hydrogens (primary N) is 2. The van der Waals surface area contributed by atoms with Gasteiger partial charge < -0.3 is 31.9 Å². The molecule has 0 spiro atoms. The van der Waals surface area contributed by atoms with Crippen LogP contribution in [0.25, 0.3) is 11.1 Å². The smallest absolute Gasteiger partial charge is 0.490 e. The van der Waals surface area contributed by atoms with Gasteiger partial charge in [0.25, 0.3) is 5.91 Å². The number of carboxylic acid groups (broad SMARTS) is 1. The molecule has 54 heavy (non-hydrogen) atoms. The van der Waals surface area contributed by atoms with Crippen LogP contribution in [0.3, 0.4) is 0 Å². The number of hydrogen-bond acceptors (Lipinski definition) is 6. The number of amides is 2. The van der Waals surface area contributed by atoms with E-state index in [0.717, 1.165) is 22.3 Å². The fourth-order valence-corrected chi connectivity index (χ4v) is 5.93. The molecular formula is C42H43F3N4O5. The van der Waals surface area contributed by atoms with E-state index < -0.39 is 18.2 Å². The number of aliphatic carboxylic acids is 1. The van der Waals surface area contributed by atoms with Crippen molar-refractivity contribution in [1.29, 1.82) is 0 Å². The molecule has 0 bridgehead atoms. The first kappa shape index (κ1) is 40.8. The number of benzene rings is 5. The first-order valence-corrected chi connectivity index (χ1v) is 17.3. The summed E-state index contributed by atoms with van der Waals surface area (Å²) in [6.45, 7) is 1.59. The van der Waals surface area contributed by atoms with Crippen LogP contribution < -0.4 is 16.8 Å². The van der Waals surface area contributed by atoms with Crippen molar-refractivity contribution in [2.24, 2.45) is 11.5 Å². The summed E-state index contributed by atoms with van der Waals surface area (Å²) < 4.78 is 31.7. The average molecular weight is 741 g/mol. The van der Waals surface area contributed by atoms with Crippen molar-refractivity contribution in [3.05, 3.63) is 161 Å². The summed E-state index contributed by atoms with van der Waals surface area (Å²) in [5.74, 6) is -2.83. The van der Waals surface area contributed by atoms with E-state index in [0.29, 0.717) is 44.6 Å². The van der Waals surface area contributed by atoms with Gasteiger partial charge in [-0.1, -0.05) is 109 Å². The lowest BCUT2D eigenvalue weighted by Crippen LogP contribution is -2.45. The van der Waals surface area contributed by atoms with Crippen LogP contribution in [0.2, 0.25) is 0 Å². The molecule has 0 aliphatic carbocycles. The number of carboxylic acids is 1. The topological polar surface area (TPSA) is 159 Å². The van der Waals surface area contributed by atoms with Crippen molar-refractivity contribution >= 4 is 17.8 Å². The van der Waals surface area contributed by atoms with Gasteiger partial charge in [0, 0.05) is 37.7 Å². The summed E-state index contributed by atoms with van der Waals surface area (Å²) in [6, 6.07) is 42.2. The number of nitrogens with one attached hydrogen (secondary N) is 1. The van der Waals surface area contributed by atoms with Crippen LogP contribution in [0.15, 0.2) is 133 Å². The Morgan fingerprint density at radius 3 is 1.91 bits per heavy atom. The van der Waals surface area contributed by atoms with Gasteiger partial charge in [0.05, 0.1) is 6.04 Å². The minimum atomic E-state index is -5.08. The van der Waals surface area contributed by atoms with Gasteiger partial charge in [0.1, 0.15) is 5.75 Å². The zero-order valence-corrected chi connectivity index (χ0v) is 29.5. The molecular weight excluding hydrogens is 697 g/mol. The summed E-state index contributed by atoms with van der Waals surface area (Å²) >= 11 is 0. The van der Waals surface area contributed by atoms with Crippen LogP contribution in [0.1, 0.15) is 45.0 Å². The Bertz CT molecular complexity index is 1920. The third kappa shape index (κ3) is 12.0. The monoisotopic (exact) mass is 740 g/mol. The predicted octanol–water partition coefficient (Wildman–Crippen LogP) is 6.50. The zero-order chi connectivity index (χ0) is 39.1. The van der Waals surface area contributed by atoms with Gasteiger partial charge in [0.2, 0.25) is 5.91 Å². The largest absolute Gasteiger partial charge is 0.508 e. The van der Waals surface area contributed by atoms with Gasteiger partial charge in [-0.2, -0.15) is 13.2 Å². The van der Waals surface area contributed by atoms with Gasteiger partial charge in [-0.15, -0.1) is 0 Å². The van der Waals surface area contributed by atoms with E-state index in [2.05, 4.69) is 29.6 Å². The second kappa shape index (κ2) is 19.7. The van der Waals surface area contributed by atoms with Crippen LogP contribution in [0, 0.1) is 0 Å². The molecule has 7 N–H and O–H groups in total. The molecule has 0 saturated heterocycles. The first-order valence-electron chi connectivity index (χ1n) is 17.3. The molecule has 12 heteroatoms. The number of phenolic OH excluding ortho intramolecular Hbond substituents is 1. The van der Waals surface area contributed by atoms with Crippen molar-refractivity contribution in [1.82, 2.24) is 10.2 Å². The second-order valence-corrected chi connectivity index (χ2v) is 12.5. The van der Waals surface area contributed by atoms with Crippen LogP contribution >= 0.6 is 0 Å². The molecule has 0 saturated carbocycles. The third-order valence-corrected chi connectivity index (χ3v) is 8.57. The second-order valence-electron chi connectivity index (χ2n) is 12.5. The molecule has 5 rings (SSSR count). The van der Waals surface area contributed by atoms with Gasteiger partial charge >= 0.3 is 12.1 Å². The van der Waals surface area contributed by atoms with E-state index in [4.69, 9.17) is 21.4 Å². The molecule has 0 unspecified atom stereocenters. The van der Waals surface area contributed by atoms with E-state index >= 15 is 0 Å². The van der Waals surface area contributed by atoms with Gasteiger partial charge in [-0.3, -0.25) is 9.59 Å². The third-order valence-electron chi connectivity index (χ3n) is 8.57. The molecule has 5 aromatic rings. The number of alkyl halides is 3. The molecule has 0 aliphatic rings. The Morgan fingerprint density at radius 1 is 0.759 bits per heavy atom. The maximum Gasteiger partial charge on any atom is 0.490 e.